The van der Waals surface area contributed by atoms with E-state index >= 15 is 0 Å². The molecule has 1 amide bonds. The number of benzene rings is 1. The summed E-state index contributed by atoms with van der Waals surface area (Å²) in [7, 11) is 0. The number of nitrogens with one attached hydrogen (secondary N) is 1. The van der Waals surface area contributed by atoms with Gasteiger partial charge in [0.25, 0.3) is 11.6 Å². The summed E-state index contributed by atoms with van der Waals surface area (Å²) in [6.07, 6.45) is 2.23. The zero-order valence-corrected chi connectivity index (χ0v) is 13.0. The van der Waals surface area contributed by atoms with Crippen molar-refractivity contribution in [3.05, 3.63) is 38.3 Å². The quantitative estimate of drug-likeness (QED) is 0.667. The van der Waals surface area contributed by atoms with Crippen molar-refractivity contribution in [1.82, 2.24) is 10.2 Å². The molecule has 6 nitrogen and oxygen atoms in total. The molecule has 1 aromatic carbocycles. The number of nitro benzene ring substituents is 1. The molecule has 7 heteroatoms. The monoisotopic (exact) mass is 353 g/mol. The lowest BCUT2D eigenvalue weighted by molar-refractivity contribution is -0.385. The Balaban J connectivity index is 1.74. The summed E-state index contributed by atoms with van der Waals surface area (Å²) in [5, 5.41) is 14.0. The first-order valence-electron chi connectivity index (χ1n) is 7.02. The van der Waals surface area contributed by atoms with E-state index in [2.05, 4.69) is 26.1 Å². The molecule has 1 N–H and O–H groups in total. The van der Waals surface area contributed by atoms with Gasteiger partial charge in [-0.1, -0.05) is 0 Å². The zero-order chi connectivity index (χ0) is 15.0. The number of hydrogen-bond donors (Lipinski definition) is 1. The fraction of sp³-hybridized carbons (Fsp3) is 0.500. The minimum Gasteiger partial charge on any atom is -0.348 e. The van der Waals surface area contributed by atoms with Crippen LogP contribution < -0.4 is 5.32 Å². The van der Waals surface area contributed by atoms with Crippen LogP contribution in [0.3, 0.4) is 0 Å². The Morgan fingerprint density at radius 2 is 2.10 bits per heavy atom. The third-order valence-electron chi connectivity index (χ3n) is 4.38. The summed E-state index contributed by atoms with van der Waals surface area (Å²) in [5.74, 6) is 0.300. The molecule has 3 fully saturated rings. The third kappa shape index (κ3) is 2.94. The van der Waals surface area contributed by atoms with E-state index in [1.165, 1.54) is 6.07 Å². The van der Waals surface area contributed by atoms with E-state index in [9.17, 15) is 14.9 Å². The minimum atomic E-state index is -0.491. The summed E-state index contributed by atoms with van der Waals surface area (Å²) in [4.78, 5) is 25.1. The van der Waals surface area contributed by atoms with Gasteiger partial charge in [-0.15, -0.1) is 0 Å². The van der Waals surface area contributed by atoms with Crippen LogP contribution in [0.2, 0.25) is 0 Å². The van der Waals surface area contributed by atoms with Crippen molar-refractivity contribution in [3.8, 4) is 0 Å². The maximum atomic E-state index is 12.3. The van der Waals surface area contributed by atoms with E-state index in [1.807, 2.05) is 0 Å². The number of nitrogens with zero attached hydrogens (tertiary/aromatic N) is 2. The first-order chi connectivity index (χ1) is 10.0. The molecular weight excluding hydrogens is 338 g/mol. The van der Waals surface area contributed by atoms with Crippen LogP contribution in [0.25, 0.3) is 0 Å². The summed E-state index contributed by atoms with van der Waals surface area (Å²) in [5.41, 5.74) is 0.248. The second-order valence-corrected chi connectivity index (χ2v) is 6.50. The van der Waals surface area contributed by atoms with Crippen LogP contribution in [0.15, 0.2) is 22.7 Å². The number of fused-ring (bicyclic) bond motifs is 3. The summed E-state index contributed by atoms with van der Waals surface area (Å²) in [6, 6.07) is 4.63. The highest BCUT2D eigenvalue weighted by Crippen LogP contribution is 2.29. The van der Waals surface area contributed by atoms with Crippen LogP contribution in [-0.2, 0) is 0 Å². The Labute approximate surface area is 130 Å². The highest BCUT2D eigenvalue weighted by Gasteiger charge is 2.35. The predicted molar refractivity (Wildman–Crippen MR) is 81.2 cm³/mol. The van der Waals surface area contributed by atoms with Gasteiger partial charge < -0.3 is 10.2 Å². The fourth-order valence-electron chi connectivity index (χ4n) is 3.17. The standard InChI is InChI=1S/C14H16BrN3O3/c15-11-2-1-10(7-13(11)18(20)21)14(19)16-12-8-17-5-3-9(12)4-6-17/h1-2,7,9,12H,3-6,8H2,(H,16,19). The molecule has 3 heterocycles. The Hall–Kier alpha value is -1.47. The molecule has 0 saturated carbocycles. The van der Waals surface area contributed by atoms with Gasteiger partial charge in [0.1, 0.15) is 0 Å². The summed E-state index contributed by atoms with van der Waals surface area (Å²) in [6.45, 7) is 3.11. The van der Waals surface area contributed by atoms with E-state index in [0.29, 0.717) is 16.0 Å². The van der Waals surface area contributed by atoms with Crippen LogP contribution in [-0.4, -0.2) is 41.4 Å². The second-order valence-electron chi connectivity index (χ2n) is 5.64. The minimum absolute atomic E-state index is 0.0865. The summed E-state index contributed by atoms with van der Waals surface area (Å²) < 4.78 is 0.381. The van der Waals surface area contributed by atoms with Gasteiger partial charge in [0, 0.05) is 24.2 Å². The molecule has 2 bridgehead atoms. The lowest BCUT2D eigenvalue weighted by Gasteiger charge is -2.44. The van der Waals surface area contributed by atoms with Gasteiger partial charge in [-0.2, -0.15) is 0 Å². The largest absolute Gasteiger partial charge is 0.348 e. The smallest absolute Gasteiger partial charge is 0.284 e. The van der Waals surface area contributed by atoms with E-state index in [1.54, 1.807) is 12.1 Å². The van der Waals surface area contributed by atoms with E-state index < -0.39 is 4.92 Å². The molecule has 112 valence electrons. The molecule has 3 aliphatic heterocycles. The number of amides is 1. The molecule has 3 aliphatic rings. The van der Waals surface area contributed by atoms with Gasteiger partial charge in [-0.25, -0.2) is 0 Å². The molecular formula is C14H16BrN3O3. The molecule has 21 heavy (non-hydrogen) atoms. The number of carbonyl (C=O) groups excluding carboxylic acids is 1. The lowest BCUT2D eigenvalue weighted by atomic mass is 9.84. The topological polar surface area (TPSA) is 75.5 Å². The molecule has 4 rings (SSSR count). The highest BCUT2D eigenvalue weighted by molar-refractivity contribution is 9.10. The molecule has 0 aromatic heterocycles. The Morgan fingerprint density at radius 1 is 1.38 bits per heavy atom. The lowest BCUT2D eigenvalue weighted by Crippen LogP contribution is -2.57. The number of carbonyl (C=O) groups is 1. The average molecular weight is 354 g/mol. The van der Waals surface area contributed by atoms with Crippen molar-refractivity contribution in [1.29, 1.82) is 0 Å². The average Bonchev–Trinajstić information content (AvgIpc) is 2.48. The maximum absolute atomic E-state index is 12.3. The van der Waals surface area contributed by atoms with Crippen molar-refractivity contribution in [2.24, 2.45) is 5.92 Å². The van der Waals surface area contributed by atoms with E-state index in [-0.39, 0.29) is 17.6 Å². The second kappa shape index (κ2) is 5.73. The van der Waals surface area contributed by atoms with Gasteiger partial charge >= 0.3 is 0 Å². The number of hydrogen-bond acceptors (Lipinski definition) is 4. The van der Waals surface area contributed by atoms with E-state index in [4.69, 9.17) is 0 Å². The molecule has 0 radical (unpaired) electrons. The van der Waals surface area contributed by atoms with Gasteiger partial charge in [0.05, 0.1) is 9.40 Å². The van der Waals surface area contributed by atoms with Gasteiger partial charge in [-0.05, 0) is 59.9 Å². The molecule has 1 atom stereocenters. The van der Waals surface area contributed by atoms with Crippen molar-refractivity contribution in [2.75, 3.05) is 19.6 Å². The van der Waals surface area contributed by atoms with Gasteiger partial charge in [0.15, 0.2) is 0 Å². The molecule has 1 unspecified atom stereocenters. The van der Waals surface area contributed by atoms with Crippen molar-refractivity contribution >= 4 is 27.5 Å². The number of rotatable bonds is 3. The first kappa shape index (κ1) is 14.5. The highest BCUT2D eigenvalue weighted by atomic mass is 79.9. The molecule has 0 spiro atoms. The summed E-state index contributed by atoms with van der Waals surface area (Å²) >= 11 is 3.13. The predicted octanol–water partition coefficient (Wildman–Crippen LogP) is 2.18. The van der Waals surface area contributed by atoms with Crippen molar-refractivity contribution < 1.29 is 9.72 Å². The van der Waals surface area contributed by atoms with Crippen LogP contribution in [0.4, 0.5) is 5.69 Å². The SMILES string of the molecule is O=C(NC1CN2CCC1CC2)c1ccc(Br)c([N+](=O)[O-])c1. The van der Waals surface area contributed by atoms with Crippen LogP contribution >= 0.6 is 15.9 Å². The maximum Gasteiger partial charge on any atom is 0.284 e. The van der Waals surface area contributed by atoms with Crippen molar-refractivity contribution in [2.45, 2.75) is 18.9 Å². The van der Waals surface area contributed by atoms with Crippen LogP contribution in [0.1, 0.15) is 23.2 Å². The fourth-order valence-corrected chi connectivity index (χ4v) is 3.57. The number of nitro groups is 1. The van der Waals surface area contributed by atoms with Crippen molar-refractivity contribution in [3.63, 3.8) is 0 Å². The number of halogens is 1. The third-order valence-corrected chi connectivity index (χ3v) is 5.05. The zero-order valence-electron chi connectivity index (χ0n) is 11.4. The first-order valence-corrected chi connectivity index (χ1v) is 7.81. The normalized spacial score (nSPS) is 27.4. The van der Waals surface area contributed by atoms with Gasteiger partial charge in [-0.3, -0.25) is 14.9 Å². The molecule has 1 aromatic rings. The molecule has 3 saturated heterocycles. The van der Waals surface area contributed by atoms with Crippen LogP contribution in [0.5, 0.6) is 0 Å². The van der Waals surface area contributed by atoms with E-state index in [0.717, 1.165) is 32.5 Å². The Morgan fingerprint density at radius 3 is 2.67 bits per heavy atom. The molecule has 0 aliphatic carbocycles. The Bertz CT molecular complexity index is 585. The Kier molecular flexibility index (Phi) is 3.95. The van der Waals surface area contributed by atoms with Crippen LogP contribution in [0, 0.1) is 16.0 Å². The number of piperidine rings is 3. The van der Waals surface area contributed by atoms with Gasteiger partial charge in [0.2, 0.25) is 0 Å².